The number of rotatable bonds is 5. The molecule has 1 aromatic heterocycles. The number of amides is 1. The molecule has 2 saturated heterocycles. The first-order chi connectivity index (χ1) is 14.2. The van der Waals surface area contributed by atoms with Crippen LogP contribution in [-0.2, 0) is 0 Å². The smallest absolute Gasteiger partial charge is 0.248 e. The minimum absolute atomic E-state index is 0.337. The Kier molecular flexibility index (Phi) is 5.12. The fourth-order valence-electron chi connectivity index (χ4n) is 6.33. The summed E-state index contributed by atoms with van der Waals surface area (Å²) in [5, 5.41) is 11.5. The molecule has 3 heterocycles. The zero-order chi connectivity index (χ0) is 19.8. The number of aromatic amines is 1. The Morgan fingerprint density at radius 1 is 1.10 bits per heavy atom. The molecule has 2 aliphatic heterocycles. The summed E-state index contributed by atoms with van der Waals surface area (Å²) in [5.41, 5.74) is 8.54. The summed E-state index contributed by atoms with van der Waals surface area (Å²) in [6, 6.07) is 9.54. The number of H-pyrrole nitrogens is 1. The third kappa shape index (κ3) is 3.59. The Balaban J connectivity index is 1.40. The number of nitrogens with zero attached hydrogens (tertiary/aromatic N) is 3. The molecule has 1 aliphatic carbocycles. The number of fused-ring (bicyclic) bond motifs is 2. The molecule has 3 unspecified atom stereocenters. The van der Waals surface area contributed by atoms with Gasteiger partial charge in [0.05, 0.1) is 17.9 Å². The van der Waals surface area contributed by atoms with Crippen LogP contribution < -0.4 is 5.73 Å². The number of hydrogen-bond acceptors (Lipinski definition) is 4. The van der Waals surface area contributed by atoms with E-state index >= 15 is 0 Å². The van der Waals surface area contributed by atoms with Gasteiger partial charge < -0.3 is 5.73 Å². The van der Waals surface area contributed by atoms with E-state index in [4.69, 9.17) is 5.73 Å². The lowest BCUT2D eigenvalue weighted by Gasteiger charge is -2.46. The lowest BCUT2D eigenvalue weighted by atomic mass is 9.78. The Morgan fingerprint density at radius 2 is 1.86 bits per heavy atom. The molecule has 6 heteroatoms. The van der Waals surface area contributed by atoms with Gasteiger partial charge in [0.1, 0.15) is 0 Å². The van der Waals surface area contributed by atoms with Gasteiger partial charge in [-0.25, -0.2) is 0 Å². The SMILES string of the molecule is NC(=O)c1cccc(C2CC3CCC(C2)N3C(c2cn[nH]n2)C2CCCCC2)c1. The summed E-state index contributed by atoms with van der Waals surface area (Å²) in [6.45, 7) is 0. The van der Waals surface area contributed by atoms with Crippen molar-refractivity contribution in [3.05, 3.63) is 47.3 Å². The number of carbonyl (C=O) groups excluding carboxylic acids is 1. The maximum Gasteiger partial charge on any atom is 0.248 e. The van der Waals surface area contributed by atoms with E-state index in [1.807, 2.05) is 24.4 Å². The van der Waals surface area contributed by atoms with Crippen LogP contribution in [-0.4, -0.2) is 38.3 Å². The quantitative estimate of drug-likeness (QED) is 0.805. The lowest BCUT2D eigenvalue weighted by molar-refractivity contribution is 0.0310. The first-order valence-electron chi connectivity index (χ1n) is 11.2. The van der Waals surface area contributed by atoms with Crippen LogP contribution in [0.25, 0.3) is 0 Å². The Morgan fingerprint density at radius 3 is 2.52 bits per heavy atom. The van der Waals surface area contributed by atoms with E-state index in [1.165, 1.54) is 50.5 Å². The topological polar surface area (TPSA) is 87.9 Å². The average molecular weight is 394 g/mol. The van der Waals surface area contributed by atoms with Gasteiger partial charge in [0.25, 0.3) is 0 Å². The second kappa shape index (κ2) is 7.90. The molecule has 0 spiro atoms. The van der Waals surface area contributed by atoms with Gasteiger partial charge in [0.15, 0.2) is 0 Å². The van der Waals surface area contributed by atoms with Crippen molar-refractivity contribution in [2.75, 3.05) is 0 Å². The maximum atomic E-state index is 11.6. The van der Waals surface area contributed by atoms with Crippen LogP contribution in [0.3, 0.4) is 0 Å². The molecule has 3 aliphatic rings. The molecule has 3 fully saturated rings. The van der Waals surface area contributed by atoms with Crippen LogP contribution in [0.2, 0.25) is 0 Å². The molecule has 6 nitrogen and oxygen atoms in total. The number of nitrogens with two attached hydrogens (primary N) is 1. The van der Waals surface area contributed by atoms with Crippen LogP contribution in [0, 0.1) is 5.92 Å². The van der Waals surface area contributed by atoms with Crippen molar-refractivity contribution in [2.24, 2.45) is 11.7 Å². The van der Waals surface area contributed by atoms with E-state index in [2.05, 4.69) is 26.4 Å². The standard InChI is InChI=1S/C23H31N5O/c24-23(29)17-8-4-7-16(11-17)18-12-19-9-10-20(13-18)28(19)22(21-14-25-27-26-21)15-5-2-1-3-6-15/h4,7-8,11,14-15,18-20,22H,1-3,5-6,9-10,12-13H2,(H2,24,29)(H,25,26,27). The molecule has 3 atom stereocenters. The first kappa shape index (κ1) is 18.8. The third-order valence-electron chi connectivity index (χ3n) is 7.59. The summed E-state index contributed by atoms with van der Waals surface area (Å²) in [6.07, 6.45) is 13.4. The molecular formula is C23H31N5O. The number of benzene rings is 1. The van der Waals surface area contributed by atoms with Crippen molar-refractivity contribution in [1.29, 1.82) is 0 Å². The highest BCUT2D eigenvalue weighted by Gasteiger charge is 2.47. The van der Waals surface area contributed by atoms with Crippen molar-refractivity contribution in [2.45, 2.75) is 81.8 Å². The predicted molar refractivity (Wildman–Crippen MR) is 111 cm³/mol. The van der Waals surface area contributed by atoms with E-state index in [0.717, 1.165) is 18.5 Å². The van der Waals surface area contributed by atoms with Gasteiger partial charge in [-0.1, -0.05) is 31.4 Å². The average Bonchev–Trinajstić information content (AvgIpc) is 3.36. The third-order valence-corrected chi connectivity index (χ3v) is 7.59. The van der Waals surface area contributed by atoms with Crippen molar-refractivity contribution in [3.8, 4) is 0 Å². The van der Waals surface area contributed by atoms with Gasteiger partial charge in [-0.15, -0.1) is 0 Å². The van der Waals surface area contributed by atoms with Crippen LogP contribution in [0.4, 0.5) is 0 Å². The number of aromatic nitrogens is 3. The van der Waals surface area contributed by atoms with Gasteiger partial charge in [-0.3, -0.25) is 9.69 Å². The number of carbonyl (C=O) groups is 1. The zero-order valence-electron chi connectivity index (χ0n) is 17.0. The van der Waals surface area contributed by atoms with Gasteiger partial charge in [-0.05, 0) is 68.1 Å². The largest absolute Gasteiger partial charge is 0.366 e. The molecule has 1 aromatic carbocycles. The van der Waals surface area contributed by atoms with Crippen LogP contribution >= 0.6 is 0 Å². The fraction of sp³-hybridized carbons (Fsp3) is 0.609. The normalized spacial score (nSPS) is 29.0. The summed E-state index contributed by atoms with van der Waals surface area (Å²) in [4.78, 5) is 14.4. The minimum atomic E-state index is -0.337. The highest BCUT2D eigenvalue weighted by atomic mass is 16.1. The zero-order valence-corrected chi connectivity index (χ0v) is 17.0. The number of piperidine rings is 1. The van der Waals surface area contributed by atoms with E-state index in [0.29, 0.717) is 35.5 Å². The summed E-state index contributed by atoms with van der Waals surface area (Å²) >= 11 is 0. The second-order valence-corrected chi connectivity index (χ2v) is 9.23. The summed E-state index contributed by atoms with van der Waals surface area (Å²) in [5.74, 6) is 0.856. The Hall–Kier alpha value is -2.21. The number of hydrogen-bond donors (Lipinski definition) is 2. The van der Waals surface area contributed by atoms with E-state index in [1.54, 1.807) is 0 Å². The number of nitrogens with one attached hydrogen (secondary N) is 1. The maximum absolute atomic E-state index is 11.6. The van der Waals surface area contributed by atoms with E-state index in [9.17, 15) is 4.79 Å². The molecule has 29 heavy (non-hydrogen) atoms. The Bertz CT molecular complexity index is 831. The molecule has 2 aromatic rings. The molecule has 5 rings (SSSR count). The summed E-state index contributed by atoms with van der Waals surface area (Å²) < 4.78 is 0. The molecule has 1 saturated carbocycles. The van der Waals surface area contributed by atoms with Crippen LogP contribution in [0.1, 0.15) is 91.4 Å². The number of primary amides is 1. The molecule has 1 amide bonds. The second-order valence-electron chi connectivity index (χ2n) is 9.23. The predicted octanol–water partition coefficient (Wildman–Crippen LogP) is 3.94. The van der Waals surface area contributed by atoms with Crippen molar-refractivity contribution >= 4 is 5.91 Å². The molecule has 154 valence electrons. The summed E-state index contributed by atoms with van der Waals surface area (Å²) in [7, 11) is 0. The molecule has 2 bridgehead atoms. The monoisotopic (exact) mass is 393 g/mol. The highest BCUT2D eigenvalue weighted by molar-refractivity contribution is 5.92. The van der Waals surface area contributed by atoms with Gasteiger partial charge in [0, 0.05) is 17.6 Å². The van der Waals surface area contributed by atoms with E-state index < -0.39 is 0 Å². The van der Waals surface area contributed by atoms with Crippen molar-refractivity contribution < 1.29 is 4.79 Å². The van der Waals surface area contributed by atoms with Crippen molar-refractivity contribution in [1.82, 2.24) is 20.3 Å². The lowest BCUT2D eigenvalue weighted by Crippen LogP contribution is -2.47. The van der Waals surface area contributed by atoms with Gasteiger partial charge >= 0.3 is 0 Å². The molecule has 3 N–H and O–H groups in total. The van der Waals surface area contributed by atoms with Gasteiger partial charge in [-0.2, -0.15) is 15.4 Å². The molecule has 0 radical (unpaired) electrons. The van der Waals surface area contributed by atoms with Gasteiger partial charge in [0.2, 0.25) is 5.91 Å². The van der Waals surface area contributed by atoms with Crippen LogP contribution in [0.15, 0.2) is 30.5 Å². The minimum Gasteiger partial charge on any atom is -0.366 e. The fourth-order valence-corrected chi connectivity index (χ4v) is 6.33. The first-order valence-corrected chi connectivity index (χ1v) is 11.2. The molecular weight excluding hydrogens is 362 g/mol. The van der Waals surface area contributed by atoms with Crippen molar-refractivity contribution in [3.63, 3.8) is 0 Å². The highest BCUT2D eigenvalue weighted by Crippen LogP contribution is 2.50. The van der Waals surface area contributed by atoms with Crippen LogP contribution in [0.5, 0.6) is 0 Å². The van der Waals surface area contributed by atoms with E-state index in [-0.39, 0.29) is 5.91 Å². The Labute approximate surface area is 172 Å².